The Hall–Kier alpha value is -2.50. The molecular weight excluding hydrogens is 309 g/mol. The van der Waals surface area contributed by atoms with Gasteiger partial charge >= 0.3 is 12.1 Å². The van der Waals surface area contributed by atoms with Crippen LogP contribution >= 0.6 is 0 Å². The highest BCUT2D eigenvalue weighted by Crippen LogP contribution is 2.38. The first kappa shape index (κ1) is 15.4. The van der Waals surface area contributed by atoms with E-state index in [1.165, 1.54) is 6.07 Å². The highest BCUT2D eigenvalue weighted by atomic mass is 19.4. The number of carboxylic acid groups (broad SMARTS) is 1. The van der Waals surface area contributed by atoms with Gasteiger partial charge in [-0.3, -0.25) is 0 Å². The van der Waals surface area contributed by atoms with Gasteiger partial charge in [0.2, 0.25) is 6.10 Å². The van der Waals surface area contributed by atoms with E-state index in [4.69, 9.17) is 9.84 Å². The lowest BCUT2D eigenvalue weighted by atomic mass is 9.95. The molecule has 1 heterocycles. The van der Waals surface area contributed by atoms with Crippen molar-refractivity contribution in [3.8, 4) is 5.75 Å². The van der Waals surface area contributed by atoms with Crippen molar-refractivity contribution in [1.82, 2.24) is 0 Å². The van der Waals surface area contributed by atoms with E-state index in [1.807, 2.05) is 18.2 Å². The standard InChI is InChI=1S/C17H13F3O3/c18-17(19,20)15-13(16(21)22)8-12-7-6-11(9-14(12)23-15)10-4-2-1-3-5-10/h2,4-9,15H,1,3H2,(H,21,22). The van der Waals surface area contributed by atoms with Crippen LogP contribution in [0.3, 0.4) is 0 Å². The predicted molar refractivity (Wildman–Crippen MR) is 78.9 cm³/mol. The highest BCUT2D eigenvalue weighted by Gasteiger charge is 2.48. The van der Waals surface area contributed by atoms with E-state index in [2.05, 4.69) is 0 Å². The molecule has 0 amide bonds. The maximum Gasteiger partial charge on any atom is 0.430 e. The summed E-state index contributed by atoms with van der Waals surface area (Å²) in [5, 5.41) is 8.99. The number of benzene rings is 1. The molecule has 1 unspecified atom stereocenters. The summed E-state index contributed by atoms with van der Waals surface area (Å²) in [6.07, 6.45) is 1.49. The molecule has 1 aromatic rings. The van der Waals surface area contributed by atoms with Crippen LogP contribution in [0.4, 0.5) is 13.2 Å². The molecule has 0 spiro atoms. The molecule has 1 atom stereocenters. The lowest BCUT2D eigenvalue weighted by Crippen LogP contribution is -2.40. The molecule has 120 valence electrons. The van der Waals surface area contributed by atoms with Gasteiger partial charge in [-0.15, -0.1) is 0 Å². The van der Waals surface area contributed by atoms with Crippen molar-refractivity contribution in [1.29, 1.82) is 0 Å². The molecule has 23 heavy (non-hydrogen) atoms. The minimum Gasteiger partial charge on any atom is -0.478 e. The number of halogens is 3. The average molecular weight is 322 g/mol. The Morgan fingerprint density at radius 2 is 2.04 bits per heavy atom. The lowest BCUT2D eigenvalue weighted by Gasteiger charge is -2.27. The van der Waals surface area contributed by atoms with Gasteiger partial charge in [-0.05, 0) is 36.1 Å². The first-order chi connectivity index (χ1) is 10.9. The van der Waals surface area contributed by atoms with Gasteiger partial charge in [0.1, 0.15) is 5.75 Å². The van der Waals surface area contributed by atoms with Crippen molar-refractivity contribution in [2.75, 3.05) is 0 Å². The molecule has 1 aliphatic carbocycles. The fraction of sp³-hybridized carbons (Fsp3) is 0.235. The second-order valence-corrected chi connectivity index (χ2v) is 5.34. The van der Waals surface area contributed by atoms with Gasteiger partial charge in [-0.1, -0.05) is 30.4 Å². The normalized spacial score (nSPS) is 20.2. The van der Waals surface area contributed by atoms with Gasteiger partial charge in [-0.2, -0.15) is 13.2 Å². The molecule has 1 aromatic carbocycles. The smallest absolute Gasteiger partial charge is 0.430 e. The number of fused-ring (bicyclic) bond motifs is 1. The summed E-state index contributed by atoms with van der Waals surface area (Å²) in [5.41, 5.74) is 1.17. The number of hydrogen-bond donors (Lipinski definition) is 1. The minimum atomic E-state index is -4.79. The predicted octanol–water partition coefficient (Wildman–Crippen LogP) is 4.21. The molecule has 3 nitrogen and oxygen atoms in total. The van der Waals surface area contributed by atoms with Crippen molar-refractivity contribution in [2.24, 2.45) is 0 Å². The van der Waals surface area contributed by atoms with Gasteiger partial charge in [0.15, 0.2) is 0 Å². The van der Waals surface area contributed by atoms with Crippen LogP contribution in [0, 0.1) is 0 Å². The number of carbonyl (C=O) groups is 1. The molecular formula is C17H13F3O3. The van der Waals surface area contributed by atoms with Gasteiger partial charge < -0.3 is 9.84 Å². The van der Waals surface area contributed by atoms with Crippen molar-refractivity contribution in [3.05, 3.63) is 53.1 Å². The summed E-state index contributed by atoms with van der Waals surface area (Å²) in [7, 11) is 0. The van der Waals surface area contributed by atoms with Gasteiger partial charge in [0, 0.05) is 5.56 Å². The molecule has 1 aliphatic heterocycles. The molecule has 0 saturated carbocycles. The first-order valence-corrected chi connectivity index (χ1v) is 7.05. The fourth-order valence-electron chi connectivity index (χ4n) is 2.61. The number of allylic oxidation sites excluding steroid dienone is 4. The Morgan fingerprint density at radius 1 is 1.26 bits per heavy atom. The third-order valence-corrected chi connectivity index (χ3v) is 3.72. The summed E-state index contributed by atoms with van der Waals surface area (Å²) in [6.45, 7) is 0. The Labute approximate surface area is 130 Å². The topological polar surface area (TPSA) is 46.5 Å². The molecule has 0 bridgehead atoms. The maximum absolute atomic E-state index is 13.0. The van der Waals surface area contributed by atoms with Crippen LogP contribution < -0.4 is 4.74 Å². The summed E-state index contributed by atoms with van der Waals surface area (Å²) >= 11 is 0. The third-order valence-electron chi connectivity index (χ3n) is 3.72. The van der Waals surface area contributed by atoms with Crippen LogP contribution in [-0.2, 0) is 4.79 Å². The number of hydrogen-bond acceptors (Lipinski definition) is 2. The van der Waals surface area contributed by atoms with E-state index < -0.39 is 23.8 Å². The number of aliphatic carboxylic acids is 1. The van der Waals surface area contributed by atoms with Crippen LogP contribution in [0.1, 0.15) is 24.0 Å². The van der Waals surface area contributed by atoms with Crippen LogP contribution in [0.5, 0.6) is 5.75 Å². The lowest BCUT2D eigenvalue weighted by molar-refractivity contribution is -0.187. The maximum atomic E-state index is 13.0. The molecule has 0 aromatic heterocycles. The molecule has 0 radical (unpaired) electrons. The molecule has 1 N–H and O–H groups in total. The summed E-state index contributed by atoms with van der Waals surface area (Å²) in [4.78, 5) is 11.1. The molecule has 0 fully saturated rings. The zero-order chi connectivity index (χ0) is 16.6. The summed E-state index contributed by atoms with van der Waals surface area (Å²) < 4.78 is 44.1. The van der Waals surface area contributed by atoms with E-state index in [0.29, 0.717) is 5.56 Å². The van der Waals surface area contributed by atoms with Gasteiger partial charge in [0.05, 0.1) is 5.57 Å². The molecule has 6 heteroatoms. The van der Waals surface area contributed by atoms with Gasteiger partial charge in [0.25, 0.3) is 0 Å². The quantitative estimate of drug-likeness (QED) is 0.887. The Morgan fingerprint density at radius 3 is 2.65 bits per heavy atom. The van der Waals surface area contributed by atoms with E-state index >= 15 is 0 Å². The third kappa shape index (κ3) is 3.02. The van der Waals surface area contributed by atoms with Crippen LogP contribution in [0.2, 0.25) is 0 Å². The number of carboxylic acids is 1. The largest absolute Gasteiger partial charge is 0.478 e. The number of rotatable bonds is 2. The summed E-state index contributed by atoms with van der Waals surface area (Å²) in [6, 6.07) is 4.84. The Balaban J connectivity index is 2.03. The van der Waals surface area contributed by atoms with Crippen molar-refractivity contribution >= 4 is 17.6 Å². The van der Waals surface area contributed by atoms with E-state index in [1.54, 1.807) is 12.1 Å². The highest BCUT2D eigenvalue weighted by molar-refractivity contribution is 5.95. The zero-order valence-corrected chi connectivity index (χ0v) is 11.9. The first-order valence-electron chi connectivity index (χ1n) is 7.05. The van der Waals surface area contributed by atoms with Crippen LogP contribution in [-0.4, -0.2) is 23.4 Å². The van der Waals surface area contributed by atoms with E-state index in [0.717, 1.165) is 30.1 Å². The minimum absolute atomic E-state index is 0.0368. The Kier molecular flexibility index (Phi) is 3.75. The van der Waals surface area contributed by atoms with Gasteiger partial charge in [-0.25, -0.2) is 4.79 Å². The molecule has 2 aliphatic rings. The van der Waals surface area contributed by atoms with Crippen molar-refractivity contribution < 1.29 is 27.8 Å². The summed E-state index contributed by atoms with van der Waals surface area (Å²) in [5.74, 6) is -1.60. The SMILES string of the molecule is O=C(O)C1=Cc2ccc(C3=CCCC=C3)cc2OC1C(F)(F)F. The average Bonchev–Trinajstić information content (AvgIpc) is 2.53. The van der Waals surface area contributed by atoms with E-state index in [-0.39, 0.29) is 5.75 Å². The van der Waals surface area contributed by atoms with Crippen molar-refractivity contribution in [3.63, 3.8) is 0 Å². The van der Waals surface area contributed by atoms with Crippen LogP contribution in [0.25, 0.3) is 11.6 Å². The Bertz CT molecular complexity index is 742. The number of alkyl halides is 3. The van der Waals surface area contributed by atoms with Crippen LogP contribution in [0.15, 0.2) is 42.0 Å². The second-order valence-electron chi connectivity index (χ2n) is 5.34. The van der Waals surface area contributed by atoms with E-state index in [9.17, 15) is 18.0 Å². The fourth-order valence-corrected chi connectivity index (χ4v) is 2.61. The zero-order valence-electron chi connectivity index (χ0n) is 11.9. The van der Waals surface area contributed by atoms with Crippen molar-refractivity contribution in [2.45, 2.75) is 25.1 Å². The molecule has 0 saturated heterocycles. The second kappa shape index (κ2) is 5.61. The number of ether oxygens (including phenoxy) is 1. The monoisotopic (exact) mass is 322 g/mol. The molecule has 3 rings (SSSR count).